The summed E-state index contributed by atoms with van der Waals surface area (Å²) in [7, 11) is 0. The zero-order chi connectivity index (χ0) is 13.1. The third-order valence-corrected chi connectivity index (χ3v) is 2.31. The molecule has 0 bridgehead atoms. The largest absolute Gasteiger partial charge is 0.299 e. The van der Waals surface area contributed by atoms with Crippen LogP contribution in [0.25, 0.3) is 0 Å². The van der Waals surface area contributed by atoms with Crippen LogP contribution in [0.15, 0.2) is 12.2 Å². The molecule has 0 aromatic carbocycles. The molecule has 4 heteroatoms. The maximum absolute atomic E-state index is 11.8. The fraction of sp³-hybridized carbons (Fsp3) is 0.769. The third kappa shape index (κ3) is 7.13. The van der Waals surface area contributed by atoms with Crippen LogP contribution in [0.3, 0.4) is 0 Å². The SMILES string of the molecule is C=C(CC)C(=O)N(OCCCC)OCCCC. The zero-order valence-electron chi connectivity index (χ0n) is 11.3. The van der Waals surface area contributed by atoms with Gasteiger partial charge in [0, 0.05) is 5.57 Å². The van der Waals surface area contributed by atoms with Crippen LogP contribution < -0.4 is 0 Å². The molecule has 0 aliphatic rings. The maximum atomic E-state index is 11.8. The Hall–Kier alpha value is -0.870. The molecule has 0 spiro atoms. The molecule has 0 saturated heterocycles. The Bertz CT molecular complexity index is 219. The lowest BCUT2D eigenvalue weighted by molar-refractivity contribution is -0.340. The summed E-state index contributed by atoms with van der Waals surface area (Å²) in [5.41, 5.74) is 0.498. The first-order valence-corrected chi connectivity index (χ1v) is 6.45. The molecule has 0 fully saturated rings. The first-order valence-electron chi connectivity index (χ1n) is 6.45. The second-order valence-electron chi connectivity index (χ2n) is 3.89. The lowest BCUT2D eigenvalue weighted by Gasteiger charge is -2.21. The standard InChI is InChI=1S/C13H25NO3/c1-5-8-10-16-14(17-11-9-6-2)13(15)12(4)7-3/h4-11H2,1-3H3. The van der Waals surface area contributed by atoms with Gasteiger partial charge in [-0.15, -0.1) is 0 Å². The molecule has 100 valence electrons. The summed E-state index contributed by atoms with van der Waals surface area (Å²) in [5, 5.41) is 0.997. The minimum Gasteiger partial charge on any atom is -0.265 e. The molecule has 0 rings (SSSR count). The molecule has 4 nitrogen and oxygen atoms in total. The number of carbonyl (C=O) groups is 1. The van der Waals surface area contributed by atoms with Gasteiger partial charge in [0.25, 0.3) is 5.91 Å². The van der Waals surface area contributed by atoms with E-state index in [1.165, 1.54) is 0 Å². The molecule has 0 aromatic rings. The molecular formula is C13H25NO3. The van der Waals surface area contributed by atoms with E-state index in [1.54, 1.807) is 0 Å². The minimum atomic E-state index is -0.278. The van der Waals surface area contributed by atoms with Crippen molar-refractivity contribution in [2.24, 2.45) is 0 Å². The molecule has 0 radical (unpaired) electrons. The van der Waals surface area contributed by atoms with Crippen LogP contribution in [0.5, 0.6) is 0 Å². The van der Waals surface area contributed by atoms with Gasteiger partial charge in [0.1, 0.15) is 0 Å². The first kappa shape index (κ1) is 16.1. The van der Waals surface area contributed by atoms with Gasteiger partial charge in [-0.05, 0) is 19.3 Å². The lowest BCUT2D eigenvalue weighted by atomic mass is 10.2. The smallest absolute Gasteiger partial charge is 0.265 e. The van der Waals surface area contributed by atoms with Crippen LogP contribution in [0.4, 0.5) is 0 Å². The Morgan fingerprint density at radius 1 is 1.06 bits per heavy atom. The highest BCUT2D eigenvalue weighted by Crippen LogP contribution is 2.07. The van der Waals surface area contributed by atoms with Crippen LogP contribution >= 0.6 is 0 Å². The molecule has 0 atom stereocenters. The van der Waals surface area contributed by atoms with Crippen LogP contribution in [0, 0.1) is 0 Å². The fourth-order valence-corrected chi connectivity index (χ4v) is 1.02. The highest BCUT2D eigenvalue weighted by molar-refractivity contribution is 5.91. The second kappa shape index (κ2) is 10.3. The van der Waals surface area contributed by atoms with E-state index in [1.807, 2.05) is 6.92 Å². The monoisotopic (exact) mass is 243 g/mol. The van der Waals surface area contributed by atoms with Crippen LogP contribution in [0.1, 0.15) is 52.9 Å². The van der Waals surface area contributed by atoms with E-state index < -0.39 is 0 Å². The summed E-state index contributed by atoms with van der Waals surface area (Å²) in [6.07, 6.45) is 4.44. The third-order valence-electron chi connectivity index (χ3n) is 2.31. The van der Waals surface area contributed by atoms with Crippen LogP contribution in [-0.4, -0.2) is 24.3 Å². The van der Waals surface area contributed by atoms with Gasteiger partial charge < -0.3 is 0 Å². The molecule has 0 aliphatic heterocycles. The molecule has 0 saturated carbocycles. The molecule has 0 unspecified atom stereocenters. The van der Waals surface area contributed by atoms with Gasteiger partial charge in [0.05, 0.1) is 13.2 Å². The van der Waals surface area contributed by atoms with E-state index in [2.05, 4.69) is 20.4 Å². The normalized spacial score (nSPS) is 10.3. The minimum absolute atomic E-state index is 0.278. The topological polar surface area (TPSA) is 38.8 Å². The Labute approximate surface area is 104 Å². The van der Waals surface area contributed by atoms with Gasteiger partial charge in [-0.25, -0.2) is 9.68 Å². The fourth-order valence-electron chi connectivity index (χ4n) is 1.02. The average Bonchev–Trinajstić information content (AvgIpc) is 2.35. The zero-order valence-corrected chi connectivity index (χ0v) is 11.3. The van der Waals surface area contributed by atoms with Gasteiger partial charge in [0.15, 0.2) is 0 Å². The van der Waals surface area contributed by atoms with Crippen molar-refractivity contribution in [3.05, 3.63) is 12.2 Å². The Morgan fingerprint density at radius 2 is 1.53 bits per heavy atom. The van der Waals surface area contributed by atoms with Gasteiger partial charge in [-0.2, -0.15) is 0 Å². The lowest BCUT2D eigenvalue weighted by Crippen LogP contribution is -2.33. The number of hydrogen-bond donors (Lipinski definition) is 0. The molecule has 0 N–H and O–H groups in total. The summed E-state index contributed by atoms with van der Waals surface area (Å²) in [6, 6.07) is 0. The van der Waals surface area contributed by atoms with Crippen molar-refractivity contribution in [1.29, 1.82) is 0 Å². The van der Waals surface area contributed by atoms with Gasteiger partial charge >= 0.3 is 0 Å². The molecule has 1 amide bonds. The van der Waals surface area contributed by atoms with Crippen LogP contribution in [-0.2, 0) is 14.5 Å². The van der Waals surface area contributed by atoms with Gasteiger partial charge in [-0.3, -0.25) is 4.79 Å². The molecule has 17 heavy (non-hydrogen) atoms. The number of rotatable bonds is 10. The highest BCUT2D eigenvalue weighted by Gasteiger charge is 2.17. The Balaban J connectivity index is 4.17. The van der Waals surface area contributed by atoms with Crippen LogP contribution in [0.2, 0.25) is 0 Å². The second-order valence-corrected chi connectivity index (χ2v) is 3.89. The van der Waals surface area contributed by atoms with Gasteiger partial charge in [-0.1, -0.05) is 45.4 Å². The van der Waals surface area contributed by atoms with Crippen molar-refractivity contribution >= 4 is 5.91 Å². The highest BCUT2D eigenvalue weighted by atomic mass is 17.0. The number of carbonyl (C=O) groups excluding carboxylic acids is 1. The molecule has 0 aliphatic carbocycles. The Kier molecular flexibility index (Phi) is 9.77. The van der Waals surface area contributed by atoms with E-state index in [9.17, 15) is 4.79 Å². The predicted molar refractivity (Wildman–Crippen MR) is 68.0 cm³/mol. The first-order chi connectivity index (χ1) is 8.17. The average molecular weight is 243 g/mol. The van der Waals surface area contributed by atoms with Crippen molar-refractivity contribution in [2.45, 2.75) is 52.9 Å². The van der Waals surface area contributed by atoms with Crippen molar-refractivity contribution in [2.75, 3.05) is 13.2 Å². The summed E-state index contributed by atoms with van der Waals surface area (Å²) in [4.78, 5) is 22.5. The quantitative estimate of drug-likeness (QED) is 0.336. The van der Waals surface area contributed by atoms with Crippen molar-refractivity contribution < 1.29 is 14.5 Å². The summed E-state index contributed by atoms with van der Waals surface area (Å²) >= 11 is 0. The summed E-state index contributed by atoms with van der Waals surface area (Å²) in [6.45, 7) is 10.7. The predicted octanol–water partition coefficient (Wildman–Crippen LogP) is 3.24. The molecular weight excluding hydrogens is 218 g/mol. The number of hydroxylamine groups is 2. The van der Waals surface area contributed by atoms with E-state index in [0.29, 0.717) is 25.2 Å². The number of amides is 1. The van der Waals surface area contributed by atoms with E-state index >= 15 is 0 Å². The molecule has 0 aromatic heterocycles. The summed E-state index contributed by atoms with van der Waals surface area (Å²) in [5.74, 6) is -0.278. The number of unbranched alkanes of at least 4 members (excludes halogenated alkanes) is 2. The molecule has 0 heterocycles. The summed E-state index contributed by atoms with van der Waals surface area (Å²) < 4.78 is 0. The number of nitrogens with zero attached hydrogens (tertiary/aromatic N) is 1. The number of hydrogen-bond acceptors (Lipinski definition) is 3. The van der Waals surface area contributed by atoms with E-state index in [4.69, 9.17) is 9.68 Å². The van der Waals surface area contributed by atoms with Crippen molar-refractivity contribution in [1.82, 2.24) is 5.23 Å². The van der Waals surface area contributed by atoms with Crippen molar-refractivity contribution in [3.8, 4) is 0 Å². The van der Waals surface area contributed by atoms with E-state index in [-0.39, 0.29) is 5.91 Å². The maximum Gasteiger partial charge on any atom is 0.299 e. The van der Waals surface area contributed by atoms with Gasteiger partial charge in [0.2, 0.25) is 0 Å². The van der Waals surface area contributed by atoms with Crippen molar-refractivity contribution in [3.63, 3.8) is 0 Å². The van der Waals surface area contributed by atoms with E-state index in [0.717, 1.165) is 30.9 Å². The Morgan fingerprint density at radius 3 is 1.88 bits per heavy atom.